The summed E-state index contributed by atoms with van der Waals surface area (Å²) in [6.07, 6.45) is 1.96. The number of imidazole rings is 1. The van der Waals surface area contributed by atoms with Crippen LogP contribution in [0.5, 0.6) is 0 Å². The van der Waals surface area contributed by atoms with E-state index in [1.54, 1.807) is 11.3 Å². The van der Waals surface area contributed by atoms with Crippen LogP contribution in [-0.2, 0) is 11.3 Å². The molecule has 0 aliphatic heterocycles. The number of aryl methyl sites for hydroxylation is 2. The Morgan fingerprint density at radius 1 is 1.27 bits per heavy atom. The molecule has 2 aromatic heterocycles. The lowest BCUT2D eigenvalue weighted by atomic mass is 10.1. The molecule has 0 bridgehead atoms. The van der Waals surface area contributed by atoms with Crippen molar-refractivity contribution in [2.24, 2.45) is 0 Å². The standard InChI is InChI=1S/C17H21N3OS/c1-5-21-13(4)17-19-14(9-22-17)8-20-10-18-15-6-11(2)12(3)7-16(15)20/h6-7,9-10,13H,5,8H2,1-4H3. The lowest BCUT2D eigenvalue weighted by Gasteiger charge is -2.07. The maximum Gasteiger partial charge on any atom is 0.122 e. The molecule has 0 amide bonds. The van der Waals surface area contributed by atoms with Crippen molar-refractivity contribution in [3.05, 3.63) is 45.7 Å². The van der Waals surface area contributed by atoms with E-state index in [0.717, 1.165) is 28.3 Å². The van der Waals surface area contributed by atoms with Gasteiger partial charge in [-0.3, -0.25) is 0 Å². The first-order chi connectivity index (χ1) is 10.6. The Morgan fingerprint density at radius 2 is 2.05 bits per heavy atom. The minimum absolute atomic E-state index is 0.0631. The third-order valence-corrected chi connectivity index (χ3v) is 4.96. The zero-order chi connectivity index (χ0) is 15.7. The molecular weight excluding hydrogens is 294 g/mol. The van der Waals surface area contributed by atoms with Crippen molar-refractivity contribution in [2.75, 3.05) is 6.61 Å². The molecule has 0 aliphatic rings. The van der Waals surface area contributed by atoms with E-state index in [2.05, 4.69) is 40.9 Å². The highest BCUT2D eigenvalue weighted by Crippen LogP contribution is 2.23. The van der Waals surface area contributed by atoms with Gasteiger partial charge in [-0.2, -0.15) is 0 Å². The van der Waals surface area contributed by atoms with Gasteiger partial charge in [0.2, 0.25) is 0 Å². The second-order valence-corrected chi connectivity index (χ2v) is 6.46. The fraction of sp³-hybridized carbons (Fsp3) is 0.412. The van der Waals surface area contributed by atoms with E-state index in [1.165, 1.54) is 11.1 Å². The van der Waals surface area contributed by atoms with Crippen LogP contribution >= 0.6 is 11.3 Å². The van der Waals surface area contributed by atoms with Crippen molar-refractivity contribution in [1.82, 2.24) is 14.5 Å². The van der Waals surface area contributed by atoms with Gasteiger partial charge in [0.05, 0.1) is 29.6 Å². The van der Waals surface area contributed by atoms with Gasteiger partial charge in [-0.25, -0.2) is 9.97 Å². The fourth-order valence-corrected chi connectivity index (χ4v) is 3.33. The SMILES string of the molecule is CCOC(C)c1nc(Cn2cnc3cc(C)c(C)cc32)cs1. The van der Waals surface area contributed by atoms with E-state index in [4.69, 9.17) is 9.72 Å². The van der Waals surface area contributed by atoms with Crippen molar-refractivity contribution in [3.63, 3.8) is 0 Å². The first-order valence-corrected chi connectivity index (χ1v) is 8.44. The Balaban J connectivity index is 1.86. The summed E-state index contributed by atoms with van der Waals surface area (Å²) in [5, 5.41) is 3.14. The van der Waals surface area contributed by atoms with Crippen LogP contribution in [0.4, 0.5) is 0 Å². The molecule has 1 unspecified atom stereocenters. The van der Waals surface area contributed by atoms with Crippen molar-refractivity contribution in [3.8, 4) is 0 Å². The highest BCUT2D eigenvalue weighted by Gasteiger charge is 2.12. The van der Waals surface area contributed by atoms with Crippen molar-refractivity contribution in [1.29, 1.82) is 0 Å². The van der Waals surface area contributed by atoms with Crippen LogP contribution in [-0.4, -0.2) is 21.1 Å². The topological polar surface area (TPSA) is 39.9 Å². The molecule has 116 valence electrons. The summed E-state index contributed by atoms with van der Waals surface area (Å²) in [5.74, 6) is 0. The van der Waals surface area contributed by atoms with E-state index in [1.807, 2.05) is 20.2 Å². The van der Waals surface area contributed by atoms with E-state index in [0.29, 0.717) is 6.61 Å². The fourth-order valence-electron chi connectivity index (χ4n) is 2.52. The monoisotopic (exact) mass is 315 g/mol. The number of benzene rings is 1. The van der Waals surface area contributed by atoms with Crippen LogP contribution < -0.4 is 0 Å². The molecule has 3 aromatic rings. The molecule has 1 aromatic carbocycles. The Morgan fingerprint density at radius 3 is 2.82 bits per heavy atom. The number of hydrogen-bond donors (Lipinski definition) is 0. The van der Waals surface area contributed by atoms with E-state index in [9.17, 15) is 0 Å². The number of hydrogen-bond acceptors (Lipinski definition) is 4. The first kappa shape index (κ1) is 15.2. The summed E-state index contributed by atoms with van der Waals surface area (Å²) in [7, 11) is 0. The number of nitrogens with zero attached hydrogens (tertiary/aromatic N) is 3. The van der Waals surface area contributed by atoms with Gasteiger partial charge < -0.3 is 9.30 Å². The number of aromatic nitrogens is 3. The largest absolute Gasteiger partial charge is 0.372 e. The molecule has 0 saturated heterocycles. The lowest BCUT2D eigenvalue weighted by Crippen LogP contribution is -2.02. The van der Waals surface area contributed by atoms with E-state index in [-0.39, 0.29) is 6.10 Å². The highest BCUT2D eigenvalue weighted by atomic mass is 32.1. The smallest absolute Gasteiger partial charge is 0.122 e. The van der Waals surface area contributed by atoms with Crippen LogP contribution in [0.1, 0.15) is 41.8 Å². The molecule has 0 radical (unpaired) electrons. The van der Waals surface area contributed by atoms with Crippen LogP contribution in [0.25, 0.3) is 11.0 Å². The average molecular weight is 315 g/mol. The van der Waals surface area contributed by atoms with E-state index >= 15 is 0 Å². The molecular formula is C17H21N3OS. The van der Waals surface area contributed by atoms with Gasteiger partial charge in [0.1, 0.15) is 11.1 Å². The lowest BCUT2D eigenvalue weighted by molar-refractivity contribution is 0.0761. The first-order valence-electron chi connectivity index (χ1n) is 7.56. The molecule has 1 atom stereocenters. The summed E-state index contributed by atoms with van der Waals surface area (Å²) >= 11 is 1.66. The summed E-state index contributed by atoms with van der Waals surface area (Å²) < 4.78 is 7.76. The van der Waals surface area contributed by atoms with Crippen molar-refractivity contribution < 1.29 is 4.74 Å². The van der Waals surface area contributed by atoms with Gasteiger partial charge in [0.25, 0.3) is 0 Å². The van der Waals surface area contributed by atoms with Crippen LogP contribution in [0.3, 0.4) is 0 Å². The molecule has 0 spiro atoms. The zero-order valence-corrected chi connectivity index (χ0v) is 14.3. The summed E-state index contributed by atoms with van der Waals surface area (Å²) in [5.41, 5.74) is 5.83. The molecule has 5 heteroatoms. The highest BCUT2D eigenvalue weighted by molar-refractivity contribution is 7.09. The number of thiazole rings is 1. The normalized spacial score (nSPS) is 12.9. The van der Waals surface area contributed by atoms with Gasteiger partial charge in [0.15, 0.2) is 0 Å². The van der Waals surface area contributed by atoms with Gasteiger partial charge in [-0.1, -0.05) is 0 Å². The van der Waals surface area contributed by atoms with Gasteiger partial charge >= 0.3 is 0 Å². The molecule has 2 heterocycles. The number of rotatable bonds is 5. The summed E-state index contributed by atoms with van der Waals surface area (Å²) in [4.78, 5) is 9.20. The zero-order valence-electron chi connectivity index (χ0n) is 13.5. The summed E-state index contributed by atoms with van der Waals surface area (Å²) in [6, 6.07) is 4.35. The average Bonchev–Trinajstić information content (AvgIpc) is 3.09. The Labute approximate surface area is 134 Å². The third-order valence-electron chi connectivity index (χ3n) is 3.90. The van der Waals surface area contributed by atoms with Gasteiger partial charge in [-0.15, -0.1) is 11.3 Å². The van der Waals surface area contributed by atoms with Gasteiger partial charge in [-0.05, 0) is 51.0 Å². The van der Waals surface area contributed by atoms with Crippen LogP contribution in [0.15, 0.2) is 23.8 Å². The Kier molecular flexibility index (Phi) is 4.27. The maximum atomic E-state index is 5.60. The van der Waals surface area contributed by atoms with Crippen molar-refractivity contribution in [2.45, 2.75) is 40.3 Å². The maximum absolute atomic E-state index is 5.60. The molecule has 0 aliphatic carbocycles. The number of ether oxygens (including phenoxy) is 1. The molecule has 0 fully saturated rings. The molecule has 4 nitrogen and oxygen atoms in total. The van der Waals surface area contributed by atoms with Crippen molar-refractivity contribution >= 4 is 22.4 Å². The minimum Gasteiger partial charge on any atom is -0.372 e. The molecule has 3 rings (SSSR count). The molecule has 22 heavy (non-hydrogen) atoms. The second-order valence-electron chi connectivity index (χ2n) is 5.57. The quantitative estimate of drug-likeness (QED) is 0.706. The van der Waals surface area contributed by atoms with Gasteiger partial charge in [0, 0.05) is 12.0 Å². The Hall–Kier alpha value is -1.72. The van der Waals surface area contributed by atoms with Crippen LogP contribution in [0, 0.1) is 13.8 Å². The Bertz CT molecular complexity index is 790. The minimum atomic E-state index is 0.0631. The molecule has 0 saturated carbocycles. The second kappa shape index (κ2) is 6.18. The number of fused-ring (bicyclic) bond motifs is 1. The third kappa shape index (κ3) is 2.91. The summed E-state index contributed by atoms with van der Waals surface area (Å²) in [6.45, 7) is 9.76. The predicted octanol–water partition coefficient (Wildman–Crippen LogP) is 4.26. The van der Waals surface area contributed by atoms with Crippen LogP contribution in [0.2, 0.25) is 0 Å². The predicted molar refractivity (Wildman–Crippen MR) is 90.5 cm³/mol. The molecule has 0 N–H and O–H groups in total. The van der Waals surface area contributed by atoms with E-state index < -0.39 is 0 Å².